The first-order valence-corrected chi connectivity index (χ1v) is 10.3. The second kappa shape index (κ2) is 10.0. The van der Waals surface area contributed by atoms with Crippen molar-refractivity contribution in [3.05, 3.63) is 84.2 Å². The van der Waals surface area contributed by atoms with Gasteiger partial charge in [0.05, 0.1) is 12.3 Å². The number of ketones is 1. The molecule has 0 aliphatic carbocycles. The highest BCUT2D eigenvalue weighted by atomic mass is 16.5. The summed E-state index contributed by atoms with van der Waals surface area (Å²) in [5.74, 6) is 1.09. The van der Waals surface area contributed by atoms with E-state index in [1.807, 2.05) is 56.3 Å². The molecule has 0 N–H and O–H groups in total. The Balaban J connectivity index is 1.54. The molecule has 0 fully saturated rings. The van der Waals surface area contributed by atoms with Gasteiger partial charge in [0.1, 0.15) is 11.5 Å². The second-order valence-corrected chi connectivity index (χ2v) is 7.64. The predicted molar refractivity (Wildman–Crippen MR) is 118 cm³/mol. The van der Waals surface area contributed by atoms with Crippen LogP contribution in [-0.2, 0) is 11.2 Å². The zero-order chi connectivity index (χ0) is 20.6. The Hall–Kier alpha value is -2.94. The van der Waals surface area contributed by atoms with Gasteiger partial charge >= 0.3 is 0 Å². The Morgan fingerprint density at radius 3 is 2.24 bits per heavy atom. The molecule has 2 aromatic carbocycles. The van der Waals surface area contributed by atoms with Crippen molar-refractivity contribution >= 4 is 5.78 Å². The second-order valence-electron chi connectivity index (χ2n) is 7.64. The summed E-state index contributed by atoms with van der Waals surface area (Å²) >= 11 is 0. The molecule has 29 heavy (non-hydrogen) atoms. The lowest BCUT2D eigenvalue weighted by Gasteiger charge is -2.14. The van der Waals surface area contributed by atoms with Crippen LogP contribution in [0.1, 0.15) is 50.8 Å². The largest absolute Gasteiger partial charge is 0.489 e. The fraction of sp³-hybridized carbons (Fsp3) is 0.308. The lowest BCUT2D eigenvalue weighted by atomic mass is 9.96. The van der Waals surface area contributed by atoms with Crippen molar-refractivity contribution < 1.29 is 9.53 Å². The standard InChI is InChI=1S/C26H29NO2/c1-4-20(3)29-25-14-15-26(27-18-25)19(2)16-24(28)17-21-10-12-23(13-11-21)22-8-6-5-7-9-22/h5-15,18-20H,4,16-17H2,1-3H3/t19-,20-/m0/s1. The minimum atomic E-state index is 0.0868. The van der Waals surface area contributed by atoms with E-state index in [9.17, 15) is 4.79 Å². The quantitative estimate of drug-likeness (QED) is 0.437. The van der Waals surface area contributed by atoms with Crippen molar-refractivity contribution in [3.8, 4) is 16.9 Å². The van der Waals surface area contributed by atoms with Gasteiger partial charge in [-0.3, -0.25) is 9.78 Å². The Bertz CT molecular complexity index is 902. The highest BCUT2D eigenvalue weighted by molar-refractivity contribution is 5.81. The van der Waals surface area contributed by atoms with Crippen LogP contribution in [0, 0.1) is 0 Å². The zero-order valence-electron chi connectivity index (χ0n) is 17.5. The summed E-state index contributed by atoms with van der Waals surface area (Å²) in [6, 6.07) is 22.4. The number of carbonyl (C=O) groups excluding carboxylic acids is 1. The maximum absolute atomic E-state index is 12.5. The van der Waals surface area contributed by atoms with Crippen LogP contribution in [0.3, 0.4) is 0 Å². The van der Waals surface area contributed by atoms with Gasteiger partial charge < -0.3 is 4.74 Å². The molecule has 3 rings (SSSR count). The average molecular weight is 388 g/mol. The summed E-state index contributed by atoms with van der Waals surface area (Å²) < 4.78 is 5.77. The maximum Gasteiger partial charge on any atom is 0.138 e. The van der Waals surface area contributed by atoms with Crippen LogP contribution in [-0.4, -0.2) is 16.9 Å². The number of hydrogen-bond donors (Lipinski definition) is 0. The first-order chi connectivity index (χ1) is 14.0. The van der Waals surface area contributed by atoms with Crippen LogP contribution >= 0.6 is 0 Å². The monoisotopic (exact) mass is 387 g/mol. The topological polar surface area (TPSA) is 39.2 Å². The molecule has 0 saturated carbocycles. The third kappa shape index (κ3) is 6.02. The van der Waals surface area contributed by atoms with Crippen LogP contribution in [0.15, 0.2) is 72.9 Å². The van der Waals surface area contributed by atoms with Gasteiger partial charge in [-0.1, -0.05) is 68.4 Å². The SMILES string of the molecule is CC[C@H](C)Oc1ccc([C@@H](C)CC(=O)Cc2ccc(-c3ccccc3)cc2)nc1. The van der Waals surface area contributed by atoms with Gasteiger partial charge in [-0.05, 0) is 42.2 Å². The lowest BCUT2D eigenvalue weighted by molar-refractivity contribution is -0.118. The van der Waals surface area contributed by atoms with E-state index in [4.69, 9.17) is 4.74 Å². The van der Waals surface area contributed by atoms with E-state index in [0.717, 1.165) is 23.4 Å². The van der Waals surface area contributed by atoms with Gasteiger partial charge in [0.25, 0.3) is 0 Å². The van der Waals surface area contributed by atoms with Gasteiger partial charge in [-0.2, -0.15) is 0 Å². The molecular formula is C26H29NO2. The minimum absolute atomic E-state index is 0.0868. The summed E-state index contributed by atoms with van der Waals surface area (Å²) in [5.41, 5.74) is 4.33. The number of benzene rings is 2. The van der Waals surface area contributed by atoms with Crippen LogP contribution in [0.5, 0.6) is 5.75 Å². The van der Waals surface area contributed by atoms with Crippen molar-refractivity contribution in [2.45, 2.75) is 52.1 Å². The van der Waals surface area contributed by atoms with Crippen molar-refractivity contribution in [3.63, 3.8) is 0 Å². The zero-order valence-corrected chi connectivity index (χ0v) is 17.5. The summed E-state index contributed by atoms with van der Waals surface area (Å²) in [6.45, 7) is 6.19. The van der Waals surface area contributed by atoms with Gasteiger partial charge in [0, 0.05) is 24.5 Å². The summed E-state index contributed by atoms with van der Waals surface area (Å²) in [5, 5.41) is 0. The molecule has 0 aliphatic rings. The van der Waals surface area contributed by atoms with Crippen molar-refractivity contribution in [2.24, 2.45) is 0 Å². The Labute approximate surface area is 173 Å². The maximum atomic E-state index is 12.5. The molecule has 0 amide bonds. The molecule has 0 saturated heterocycles. The van der Waals surface area contributed by atoms with Gasteiger partial charge in [0.2, 0.25) is 0 Å². The Kier molecular flexibility index (Phi) is 7.18. The van der Waals surface area contributed by atoms with Crippen molar-refractivity contribution in [2.75, 3.05) is 0 Å². The number of nitrogens with zero attached hydrogens (tertiary/aromatic N) is 1. The number of Topliss-reactive ketones (excluding diaryl/α,β-unsaturated/α-hetero) is 1. The molecule has 3 nitrogen and oxygen atoms in total. The first kappa shape index (κ1) is 20.8. The van der Waals surface area contributed by atoms with Crippen LogP contribution < -0.4 is 4.74 Å². The predicted octanol–water partition coefficient (Wildman–Crippen LogP) is 6.23. The molecule has 0 radical (unpaired) electrons. The fourth-order valence-electron chi connectivity index (χ4n) is 3.26. The van der Waals surface area contributed by atoms with E-state index in [-0.39, 0.29) is 17.8 Å². The molecule has 1 heterocycles. The Morgan fingerprint density at radius 1 is 0.931 bits per heavy atom. The van der Waals surface area contributed by atoms with Crippen molar-refractivity contribution in [1.82, 2.24) is 4.98 Å². The number of pyridine rings is 1. The molecule has 0 bridgehead atoms. The third-order valence-corrected chi connectivity index (χ3v) is 5.17. The highest BCUT2D eigenvalue weighted by Gasteiger charge is 2.14. The van der Waals surface area contributed by atoms with Crippen LogP contribution in [0.25, 0.3) is 11.1 Å². The summed E-state index contributed by atoms with van der Waals surface area (Å²) in [4.78, 5) is 17.0. The van der Waals surface area contributed by atoms with E-state index in [1.54, 1.807) is 6.20 Å². The van der Waals surface area contributed by atoms with E-state index in [0.29, 0.717) is 12.8 Å². The summed E-state index contributed by atoms with van der Waals surface area (Å²) in [7, 11) is 0. The average Bonchev–Trinajstić information content (AvgIpc) is 2.75. The lowest BCUT2D eigenvalue weighted by Crippen LogP contribution is -2.11. The van der Waals surface area contributed by atoms with Crippen molar-refractivity contribution in [1.29, 1.82) is 0 Å². The molecule has 2 atom stereocenters. The van der Waals surface area contributed by atoms with E-state index in [1.165, 1.54) is 11.1 Å². The number of ether oxygens (including phenoxy) is 1. The third-order valence-electron chi connectivity index (χ3n) is 5.17. The molecule has 3 heteroatoms. The summed E-state index contributed by atoms with van der Waals surface area (Å²) in [6.07, 6.45) is 3.83. The molecule has 0 aliphatic heterocycles. The molecule has 0 spiro atoms. The minimum Gasteiger partial charge on any atom is -0.489 e. The van der Waals surface area contributed by atoms with E-state index < -0.39 is 0 Å². The smallest absolute Gasteiger partial charge is 0.138 e. The normalized spacial score (nSPS) is 12.9. The van der Waals surface area contributed by atoms with E-state index >= 15 is 0 Å². The molecule has 0 unspecified atom stereocenters. The highest BCUT2D eigenvalue weighted by Crippen LogP contribution is 2.23. The number of aromatic nitrogens is 1. The van der Waals surface area contributed by atoms with Crippen LogP contribution in [0.4, 0.5) is 0 Å². The van der Waals surface area contributed by atoms with Gasteiger partial charge in [-0.15, -0.1) is 0 Å². The molecule has 1 aromatic heterocycles. The molecular weight excluding hydrogens is 358 g/mol. The van der Waals surface area contributed by atoms with Gasteiger partial charge in [0.15, 0.2) is 0 Å². The number of rotatable bonds is 9. The van der Waals surface area contributed by atoms with E-state index in [2.05, 4.69) is 36.2 Å². The van der Waals surface area contributed by atoms with Crippen LogP contribution in [0.2, 0.25) is 0 Å². The first-order valence-electron chi connectivity index (χ1n) is 10.3. The number of carbonyl (C=O) groups is 1. The van der Waals surface area contributed by atoms with Gasteiger partial charge in [-0.25, -0.2) is 0 Å². The number of hydrogen-bond acceptors (Lipinski definition) is 3. The molecule has 3 aromatic rings. The Morgan fingerprint density at radius 2 is 1.62 bits per heavy atom. The fourth-order valence-corrected chi connectivity index (χ4v) is 3.26. The molecule has 150 valence electrons.